The summed E-state index contributed by atoms with van der Waals surface area (Å²) < 4.78 is 22.3. The number of benzene rings is 1. The Hall–Kier alpha value is -2.43. The topological polar surface area (TPSA) is 39.4 Å². The summed E-state index contributed by atoms with van der Waals surface area (Å²) in [5.74, 6) is 0.386. The summed E-state index contributed by atoms with van der Waals surface area (Å²) in [5.41, 5.74) is 2.29. The molecule has 0 amide bonds. The quantitative estimate of drug-likeness (QED) is 0.605. The molecule has 1 atom stereocenters. The van der Waals surface area contributed by atoms with Crippen LogP contribution in [0.1, 0.15) is 36.2 Å². The Morgan fingerprint density at radius 3 is 2.50 bits per heavy atom. The maximum absolute atomic E-state index is 15.3. The highest BCUT2D eigenvalue weighted by molar-refractivity contribution is 5.94. The molecule has 4 nitrogen and oxygen atoms in total. The number of nitrogens with zero attached hydrogens (tertiary/aromatic N) is 3. The van der Waals surface area contributed by atoms with Gasteiger partial charge in [-0.2, -0.15) is 5.10 Å². The molecule has 1 unspecified atom stereocenters. The van der Waals surface area contributed by atoms with Crippen molar-refractivity contribution < 1.29 is 9.13 Å². The number of alkyl halides is 1. The van der Waals surface area contributed by atoms with E-state index in [1.54, 1.807) is 24.7 Å². The zero-order valence-corrected chi connectivity index (χ0v) is 14.9. The number of allylic oxidation sites excluding steroid dienone is 1. The van der Waals surface area contributed by atoms with Gasteiger partial charge < -0.3 is 4.74 Å². The van der Waals surface area contributed by atoms with E-state index < -0.39 is 5.67 Å². The molecule has 0 fully saturated rings. The molecule has 0 spiro atoms. The van der Waals surface area contributed by atoms with Crippen molar-refractivity contribution in [1.29, 1.82) is 0 Å². The zero-order chi connectivity index (χ0) is 17.9. The van der Waals surface area contributed by atoms with E-state index >= 15 is 4.39 Å². The maximum Gasteiger partial charge on any atom is 0.239 e. The van der Waals surface area contributed by atoms with Crippen molar-refractivity contribution in [1.82, 2.24) is 9.78 Å². The molecule has 0 saturated heterocycles. The molecule has 24 heavy (non-hydrogen) atoms. The van der Waals surface area contributed by atoms with E-state index in [2.05, 4.69) is 16.7 Å². The molecular weight excluding hydrogens is 305 g/mol. The van der Waals surface area contributed by atoms with Gasteiger partial charge in [0.15, 0.2) is 5.67 Å². The minimum Gasteiger partial charge on any atom is -0.479 e. The highest BCUT2D eigenvalue weighted by Gasteiger charge is 2.29. The van der Waals surface area contributed by atoms with E-state index in [4.69, 9.17) is 4.74 Å². The molecule has 2 aromatic rings. The van der Waals surface area contributed by atoms with Crippen molar-refractivity contribution in [3.05, 3.63) is 65.1 Å². The van der Waals surface area contributed by atoms with Gasteiger partial charge in [0.05, 0.1) is 19.9 Å². The number of aromatic nitrogens is 2. The Morgan fingerprint density at radius 2 is 1.96 bits per heavy atom. The molecule has 2 rings (SSSR count). The molecular formula is C19H24FN3O. The third-order valence-electron chi connectivity index (χ3n) is 3.81. The van der Waals surface area contributed by atoms with Crippen LogP contribution in [-0.2, 0) is 17.0 Å². The maximum atomic E-state index is 15.3. The third-order valence-corrected chi connectivity index (χ3v) is 3.81. The molecule has 0 radical (unpaired) electrons. The lowest BCUT2D eigenvalue weighted by molar-refractivity contribution is 0.154. The van der Waals surface area contributed by atoms with Crippen molar-refractivity contribution in [3.63, 3.8) is 0 Å². The summed E-state index contributed by atoms with van der Waals surface area (Å²) in [6.07, 6.45) is 1.69. The summed E-state index contributed by atoms with van der Waals surface area (Å²) in [4.78, 5) is 4.29. The summed E-state index contributed by atoms with van der Waals surface area (Å²) in [7, 11) is 1.53. The van der Waals surface area contributed by atoms with Gasteiger partial charge in [0.2, 0.25) is 5.90 Å². The van der Waals surface area contributed by atoms with Gasteiger partial charge >= 0.3 is 0 Å². The van der Waals surface area contributed by atoms with Crippen molar-refractivity contribution in [2.45, 2.75) is 39.9 Å². The Balaban J connectivity index is 2.40. The Labute approximate surface area is 142 Å². The van der Waals surface area contributed by atoms with E-state index in [0.717, 1.165) is 11.1 Å². The molecule has 5 heteroatoms. The SMILES string of the molecule is C=C(C)N=C(OC)c1c(C)cnn1CC(C)(F)c1ccc(C)cc1. The van der Waals surface area contributed by atoms with Crippen LogP contribution < -0.4 is 0 Å². The standard InChI is InChI=1S/C19H24FN3O/c1-13(2)22-18(24-6)17-15(4)11-21-23(17)12-19(5,20)16-9-7-14(3)8-10-16/h7-11H,1,12H2,2-6H3. The average molecular weight is 329 g/mol. The van der Waals surface area contributed by atoms with Gasteiger partial charge in [0, 0.05) is 5.70 Å². The summed E-state index contributed by atoms with van der Waals surface area (Å²) in [5, 5.41) is 4.31. The van der Waals surface area contributed by atoms with Crippen LogP contribution in [0.15, 0.2) is 47.7 Å². The summed E-state index contributed by atoms with van der Waals surface area (Å²) >= 11 is 0. The number of ether oxygens (including phenoxy) is 1. The summed E-state index contributed by atoms with van der Waals surface area (Å²) in [6.45, 7) is 11.0. The molecule has 1 heterocycles. The number of methoxy groups -OCH3 is 1. The van der Waals surface area contributed by atoms with Crippen molar-refractivity contribution in [2.24, 2.45) is 4.99 Å². The van der Waals surface area contributed by atoms with Gasteiger partial charge in [-0.3, -0.25) is 4.68 Å². The van der Waals surface area contributed by atoms with Crippen LogP contribution in [0.5, 0.6) is 0 Å². The first kappa shape index (κ1) is 17.9. The average Bonchev–Trinajstić information content (AvgIpc) is 2.85. The van der Waals surface area contributed by atoms with Crippen molar-refractivity contribution in [2.75, 3.05) is 7.11 Å². The number of rotatable bonds is 5. The fourth-order valence-electron chi connectivity index (χ4n) is 2.52. The molecule has 1 aromatic carbocycles. The second-order valence-corrected chi connectivity index (χ2v) is 6.25. The van der Waals surface area contributed by atoms with Gasteiger partial charge in [0.1, 0.15) is 5.69 Å². The monoisotopic (exact) mass is 329 g/mol. The van der Waals surface area contributed by atoms with Crippen LogP contribution in [0.3, 0.4) is 0 Å². The van der Waals surface area contributed by atoms with Gasteiger partial charge in [-0.15, -0.1) is 0 Å². The van der Waals surface area contributed by atoms with E-state index in [9.17, 15) is 0 Å². The Kier molecular flexibility index (Phi) is 5.22. The van der Waals surface area contributed by atoms with Crippen molar-refractivity contribution in [3.8, 4) is 0 Å². The highest BCUT2D eigenvalue weighted by atomic mass is 19.1. The van der Waals surface area contributed by atoms with Crippen molar-refractivity contribution >= 4 is 5.90 Å². The van der Waals surface area contributed by atoms with E-state index in [0.29, 0.717) is 22.9 Å². The predicted octanol–water partition coefficient (Wildman–Crippen LogP) is 4.31. The second-order valence-electron chi connectivity index (χ2n) is 6.25. The van der Waals surface area contributed by atoms with Crippen LogP contribution in [0.2, 0.25) is 0 Å². The van der Waals surface area contributed by atoms with Gasteiger partial charge in [0.25, 0.3) is 0 Å². The fraction of sp³-hybridized carbons (Fsp3) is 0.368. The largest absolute Gasteiger partial charge is 0.479 e. The number of hydrogen-bond donors (Lipinski definition) is 0. The Morgan fingerprint density at radius 1 is 1.33 bits per heavy atom. The molecule has 0 aliphatic carbocycles. The van der Waals surface area contributed by atoms with Crippen LogP contribution in [-0.4, -0.2) is 22.8 Å². The lowest BCUT2D eigenvalue weighted by Gasteiger charge is -2.22. The molecule has 0 bridgehead atoms. The number of halogens is 1. The molecule has 0 N–H and O–H groups in total. The van der Waals surface area contributed by atoms with E-state index in [1.165, 1.54) is 7.11 Å². The summed E-state index contributed by atoms with van der Waals surface area (Å²) in [6, 6.07) is 7.44. The minimum absolute atomic E-state index is 0.0673. The van der Waals surface area contributed by atoms with Crippen LogP contribution >= 0.6 is 0 Å². The van der Waals surface area contributed by atoms with Gasteiger partial charge in [-0.1, -0.05) is 36.4 Å². The minimum atomic E-state index is -1.57. The number of aryl methyl sites for hydroxylation is 2. The first-order valence-corrected chi connectivity index (χ1v) is 7.81. The normalized spacial score (nSPS) is 14.3. The lowest BCUT2D eigenvalue weighted by atomic mass is 9.97. The Bertz CT molecular complexity index is 757. The van der Waals surface area contributed by atoms with Crippen LogP contribution in [0.4, 0.5) is 4.39 Å². The van der Waals surface area contributed by atoms with Crippen LogP contribution in [0.25, 0.3) is 0 Å². The van der Waals surface area contributed by atoms with Gasteiger partial charge in [-0.05, 0) is 38.8 Å². The van der Waals surface area contributed by atoms with Crippen LogP contribution in [0, 0.1) is 13.8 Å². The molecule has 0 aliphatic rings. The first-order valence-electron chi connectivity index (χ1n) is 7.81. The smallest absolute Gasteiger partial charge is 0.239 e. The molecule has 0 saturated carbocycles. The zero-order valence-electron chi connectivity index (χ0n) is 14.9. The third kappa shape index (κ3) is 3.91. The highest BCUT2D eigenvalue weighted by Crippen LogP contribution is 2.28. The lowest BCUT2D eigenvalue weighted by Crippen LogP contribution is -2.26. The number of hydrogen-bond acceptors (Lipinski definition) is 3. The second kappa shape index (κ2) is 6.99. The van der Waals surface area contributed by atoms with E-state index in [-0.39, 0.29) is 6.54 Å². The number of aliphatic imine (C=N–C) groups is 1. The van der Waals surface area contributed by atoms with E-state index in [1.807, 2.05) is 38.1 Å². The molecule has 128 valence electrons. The molecule has 0 aliphatic heterocycles. The van der Waals surface area contributed by atoms with Gasteiger partial charge in [-0.25, -0.2) is 9.38 Å². The predicted molar refractivity (Wildman–Crippen MR) is 95.0 cm³/mol. The first-order chi connectivity index (χ1) is 11.2. The fourth-order valence-corrected chi connectivity index (χ4v) is 2.52. The molecule has 1 aromatic heterocycles.